The fourth-order valence-corrected chi connectivity index (χ4v) is 10.0. The van der Waals surface area contributed by atoms with Gasteiger partial charge >= 0.3 is 0 Å². The molecule has 4 aromatic heterocycles. The van der Waals surface area contributed by atoms with E-state index in [0.29, 0.717) is 0 Å². The van der Waals surface area contributed by atoms with Gasteiger partial charge in [-0.3, -0.25) is 4.98 Å². The molecule has 238 valence electrons. The van der Waals surface area contributed by atoms with Gasteiger partial charge in [0.05, 0.1) is 22.9 Å². The van der Waals surface area contributed by atoms with Crippen LogP contribution in [0, 0.1) is 0 Å². The number of thiophene rings is 2. The summed E-state index contributed by atoms with van der Waals surface area (Å²) in [5.41, 5.74) is 11.3. The molecule has 0 aliphatic heterocycles. The standard InChI is InChI=1S/C46H27N3S2/c1-4-19-40-34(14-1)35-15-2-5-20-41(35)49(40)32-13-8-10-28(25-32)29-22-23-38-43(26-29)51-46-44(38)47-27-39(48-46)31-12-7-11-30(24-31)33-17-9-18-37-36-16-3-6-21-42(36)50-45(33)37/h1-27H. The number of para-hydroxylation sites is 2. The van der Waals surface area contributed by atoms with Crippen LogP contribution in [0.1, 0.15) is 0 Å². The molecule has 0 unspecified atom stereocenters. The summed E-state index contributed by atoms with van der Waals surface area (Å²) in [6, 6.07) is 56.9. The quantitative estimate of drug-likeness (QED) is 0.185. The summed E-state index contributed by atoms with van der Waals surface area (Å²) >= 11 is 3.57. The molecule has 0 spiro atoms. The third-order valence-electron chi connectivity index (χ3n) is 10.1. The Labute approximate surface area is 301 Å². The molecule has 7 aromatic carbocycles. The van der Waals surface area contributed by atoms with Crippen molar-refractivity contribution in [2.45, 2.75) is 0 Å². The van der Waals surface area contributed by atoms with Gasteiger partial charge in [0, 0.05) is 52.3 Å². The molecule has 0 atom stereocenters. The maximum Gasteiger partial charge on any atom is 0.143 e. The average Bonchev–Trinajstić information content (AvgIpc) is 3.87. The van der Waals surface area contributed by atoms with Crippen molar-refractivity contribution in [1.29, 1.82) is 0 Å². The molecule has 0 radical (unpaired) electrons. The Kier molecular flexibility index (Phi) is 6.29. The number of hydrogen-bond acceptors (Lipinski definition) is 4. The molecule has 5 heteroatoms. The van der Waals surface area contributed by atoms with Gasteiger partial charge in [-0.15, -0.1) is 22.7 Å². The van der Waals surface area contributed by atoms with Crippen LogP contribution in [0.15, 0.2) is 164 Å². The van der Waals surface area contributed by atoms with E-state index in [-0.39, 0.29) is 0 Å². The topological polar surface area (TPSA) is 30.7 Å². The fourth-order valence-electron chi connectivity index (χ4n) is 7.70. The lowest BCUT2D eigenvalue weighted by Gasteiger charge is -2.10. The molecule has 0 N–H and O–H groups in total. The number of aromatic nitrogens is 3. The molecule has 0 saturated carbocycles. The second-order valence-electron chi connectivity index (χ2n) is 13.0. The van der Waals surface area contributed by atoms with Crippen molar-refractivity contribution in [2.75, 3.05) is 0 Å². The third-order valence-corrected chi connectivity index (χ3v) is 12.3. The van der Waals surface area contributed by atoms with Crippen LogP contribution >= 0.6 is 22.7 Å². The van der Waals surface area contributed by atoms with Crippen LogP contribution in [0.4, 0.5) is 0 Å². The van der Waals surface area contributed by atoms with Gasteiger partial charge in [0.2, 0.25) is 0 Å². The zero-order valence-corrected chi connectivity index (χ0v) is 28.9. The van der Waals surface area contributed by atoms with Crippen molar-refractivity contribution in [3.63, 3.8) is 0 Å². The molecule has 0 aliphatic carbocycles. The van der Waals surface area contributed by atoms with Gasteiger partial charge in [-0.1, -0.05) is 115 Å². The zero-order valence-electron chi connectivity index (χ0n) is 27.2. The van der Waals surface area contributed by atoms with E-state index in [1.165, 1.54) is 68.9 Å². The normalized spacial score (nSPS) is 11.9. The van der Waals surface area contributed by atoms with Crippen molar-refractivity contribution < 1.29 is 0 Å². The summed E-state index contributed by atoms with van der Waals surface area (Å²) in [4.78, 5) is 11.1. The Morgan fingerprint density at radius 1 is 0.451 bits per heavy atom. The van der Waals surface area contributed by atoms with E-state index < -0.39 is 0 Å². The van der Waals surface area contributed by atoms with Gasteiger partial charge in [-0.2, -0.15) is 0 Å². The van der Waals surface area contributed by atoms with Crippen molar-refractivity contribution in [3.8, 4) is 39.2 Å². The van der Waals surface area contributed by atoms with Crippen LogP contribution in [0.2, 0.25) is 0 Å². The highest BCUT2D eigenvalue weighted by Gasteiger charge is 2.15. The van der Waals surface area contributed by atoms with E-state index in [0.717, 1.165) is 32.7 Å². The molecule has 0 amide bonds. The lowest BCUT2D eigenvalue weighted by Crippen LogP contribution is -1.94. The highest BCUT2D eigenvalue weighted by Crippen LogP contribution is 2.41. The third kappa shape index (κ3) is 4.49. The highest BCUT2D eigenvalue weighted by molar-refractivity contribution is 7.26. The molecule has 3 nitrogen and oxygen atoms in total. The van der Waals surface area contributed by atoms with Crippen molar-refractivity contribution in [1.82, 2.24) is 14.5 Å². The van der Waals surface area contributed by atoms with Crippen LogP contribution in [-0.2, 0) is 0 Å². The second kappa shape index (κ2) is 11.2. The Bertz CT molecular complexity index is 3110. The van der Waals surface area contributed by atoms with Crippen LogP contribution < -0.4 is 0 Å². The maximum atomic E-state index is 5.18. The van der Waals surface area contributed by atoms with Gasteiger partial charge in [0.1, 0.15) is 10.3 Å². The highest BCUT2D eigenvalue weighted by atomic mass is 32.1. The molecule has 0 fully saturated rings. The first kappa shape index (κ1) is 28.7. The molecule has 0 aliphatic rings. The Balaban J connectivity index is 0.974. The predicted octanol–water partition coefficient (Wildman–Crippen LogP) is 13.3. The van der Waals surface area contributed by atoms with Gasteiger partial charge < -0.3 is 4.57 Å². The van der Waals surface area contributed by atoms with Crippen molar-refractivity contribution in [2.24, 2.45) is 0 Å². The molecule has 4 heterocycles. The number of rotatable bonds is 4. The number of fused-ring (bicyclic) bond motifs is 9. The molecule has 11 aromatic rings. The minimum atomic E-state index is 0.888. The number of benzene rings is 7. The minimum Gasteiger partial charge on any atom is -0.309 e. The predicted molar refractivity (Wildman–Crippen MR) is 218 cm³/mol. The first-order chi connectivity index (χ1) is 25.3. The molecule has 51 heavy (non-hydrogen) atoms. The van der Waals surface area contributed by atoms with E-state index in [9.17, 15) is 0 Å². The smallest absolute Gasteiger partial charge is 0.143 e. The first-order valence-corrected chi connectivity index (χ1v) is 18.7. The van der Waals surface area contributed by atoms with Crippen LogP contribution in [0.25, 0.3) is 102 Å². The number of hydrogen-bond donors (Lipinski definition) is 0. The van der Waals surface area contributed by atoms with E-state index in [2.05, 4.69) is 162 Å². The largest absolute Gasteiger partial charge is 0.309 e. The Morgan fingerprint density at radius 3 is 2.00 bits per heavy atom. The van der Waals surface area contributed by atoms with Crippen LogP contribution in [0.5, 0.6) is 0 Å². The molecule has 0 bridgehead atoms. The molecule has 0 saturated heterocycles. The summed E-state index contributed by atoms with van der Waals surface area (Å²) in [7, 11) is 0. The second-order valence-corrected chi connectivity index (χ2v) is 15.1. The van der Waals surface area contributed by atoms with E-state index in [1.54, 1.807) is 11.3 Å². The van der Waals surface area contributed by atoms with E-state index >= 15 is 0 Å². The first-order valence-electron chi connectivity index (χ1n) is 17.1. The lowest BCUT2D eigenvalue weighted by atomic mass is 10.00. The van der Waals surface area contributed by atoms with Gasteiger partial charge in [-0.25, -0.2) is 4.98 Å². The van der Waals surface area contributed by atoms with E-state index in [1.807, 2.05) is 17.5 Å². The molecule has 11 rings (SSSR count). The zero-order chi connectivity index (χ0) is 33.5. The average molecular weight is 686 g/mol. The molecular weight excluding hydrogens is 659 g/mol. The van der Waals surface area contributed by atoms with Crippen molar-refractivity contribution >= 4 is 85.1 Å². The minimum absolute atomic E-state index is 0.888. The monoisotopic (exact) mass is 685 g/mol. The lowest BCUT2D eigenvalue weighted by molar-refractivity contribution is 1.18. The molecular formula is C46H27N3S2. The summed E-state index contributed by atoms with van der Waals surface area (Å²) in [6.07, 6.45) is 1.93. The summed E-state index contributed by atoms with van der Waals surface area (Å²) in [6.45, 7) is 0. The SMILES string of the molecule is c1cc(-c2cnc3c(n2)sc2cc(-c4cccc(-n5c6ccccc6c6ccccc65)c4)ccc23)cc(-c2cccc3c2sc2ccccc23)c1. The van der Waals surface area contributed by atoms with Crippen LogP contribution in [-0.4, -0.2) is 14.5 Å². The van der Waals surface area contributed by atoms with Gasteiger partial charge in [-0.05, 0) is 64.7 Å². The summed E-state index contributed by atoms with van der Waals surface area (Å²) in [5.74, 6) is 0. The van der Waals surface area contributed by atoms with Crippen molar-refractivity contribution in [3.05, 3.63) is 164 Å². The fraction of sp³-hybridized carbons (Fsp3) is 0. The maximum absolute atomic E-state index is 5.18. The summed E-state index contributed by atoms with van der Waals surface area (Å²) < 4.78 is 6.20. The van der Waals surface area contributed by atoms with Crippen LogP contribution in [0.3, 0.4) is 0 Å². The Morgan fingerprint density at radius 2 is 1.14 bits per heavy atom. The summed E-state index contributed by atoms with van der Waals surface area (Å²) in [5, 5.41) is 6.30. The van der Waals surface area contributed by atoms with Gasteiger partial charge in [0.25, 0.3) is 0 Å². The van der Waals surface area contributed by atoms with E-state index in [4.69, 9.17) is 9.97 Å². The number of nitrogens with zero attached hydrogens (tertiary/aromatic N) is 3. The van der Waals surface area contributed by atoms with Gasteiger partial charge in [0.15, 0.2) is 0 Å². The Hall–Kier alpha value is -6.14.